The summed E-state index contributed by atoms with van der Waals surface area (Å²) in [6.07, 6.45) is 2.58. The second-order valence-corrected chi connectivity index (χ2v) is 4.58. The van der Waals surface area contributed by atoms with Gasteiger partial charge in [-0.25, -0.2) is 4.98 Å². The molecule has 0 aliphatic carbocycles. The van der Waals surface area contributed by atoms with Crippen LogP contribution < -0.4 is 15.6 Å². The molecule has 5 nitrogen and oxygen atoms in total. The number of nitrogens with zero attached hydrogens (tertiary/aromatic N) is 1. The van der Waals surface area contributed by atoms with Crippen LogP contribution in [0.5, 0.6) is 5.88 Å². The van der Waals surface area contributed by atoms with E-state index in [9.17, 15) is 4.79 Å². The predicted molar refractivity (Wildman–Crippen MR) is 79.3 cm³/mol. The summed E-state index contributed by atoms with van der Waals surface area (Å²) in [7, 11) is 1.58. The van der Waals surface area contributed by atoms with Gasteiger partial charge in [0.05, 0.1) is 7.11 Å². The summed E-state index contributed by atoms with van der Waals surface area (Å²) in [4.78, 5) is 18.8. The van der Waals surface area contributed by atoms with Gasteiger partial charge in [-0.05, 0) is 36.6 Å². The highest BCUT2D eigenvalue weighted by Gasteiger charge is 2.05. The van der Waals surface area contributed by atoms with E-state index in [1.54, 1.807) is 13.3 Å². The van der Waals surface area contributed by atoms with Crippen molar-refractivity contribution in [3.8, 4) is 5.88 Å². The van der Waals surface area contributed by atoms with Gasteiger partial charge in [0.15, 0.2) is 0 Å². The molecule has 0 spiro atoms. The molecule has 0 atom stereocenters. The van der Waals surface area contributed by atoms with Gasteiger partial charge in [0.1, 0.15) is 5.69 Å². The minimum Gasteiger partial charge on any atom is -0.481 e. The van der Waals surface area contributed by atoms with Gasteiger partial charge in [-0.15, -0.1) is 0 Å². The number of methoxy groups -OCH3 is 1. The summed E-state index contributed by atoms with van der Waals surface area (Å²) in [5.74, 6) is 0.566. The van der Waals surface area contributed by atoms with Gasteiger partial charge >= 0.3 is 0 Å². The van der Waals surface area contributed by atoms with Gasteiger partial charge < -0.3 is 15.0 Å². The van der Waals surface area contributed by atoms with E-state index >= 15 is 0 Å². The average Bonchev–Trinajstić information content (AvgIpc) is 2.46. The fourth-order valence-electron chi connectivity index (χ4n) is 2.03. The van der Waals surface area contributed by atoms with E-state index in [0.717, 1.165) is 23.2 Å². The monoisotopic (exact) mass is 273 g/mol. The highest BCUT2D eigenvalue weighted by atomic mass is 16.5. The number of hydrogen-bond acceptors (Lipinski definition) is 4. The van der Waals surface area contributed by atoms with Crippen LogP contribution >= 0.6 is 0 Å². The molecule has 0 bridgehead atoms. The highest BCUT2D eigenvalue weighted by Crippen LogP contribution is 2.12. The number of hydrogen-bond donors (Lipinski definition) is 2. The predicted octanol–water partition coefficient (Wildman–Crippen LogP) is 2.26. The van der Waals surface area contributed by atoms with Crippen molar-refractivity contribution in [3.05, 3.63) is 51.6 Å². The van der Waals surface area contributed by atoms with Crippen LogP contribution in [0.4, 0.5) is 5.69 Å². The van der Waals surface area contributed by atoms with E-state index in [4.69, 9.17) is 4.74 Å². The summed E-state index contributed by atoms with van der Waals surface area (Å²) in [5.41, 5.74) is 3.56. The third-order valence-corrected chi connectivity index (χ3v) is 3.22. The van der Waals surface area contributed by atoms with Crippen molar-refractivity contribution in [2.75, 3.05) is 12.4 Å². The fraction of sp³-hybridized carbons (Fsp3) is 0.333. The Bertz CT molecular complexity index is 650. The second-order valence-electron chi connectivity index (χ2n) is 4.58. The van der Waals surface area contributed by atoms with Crippen LogP contribution in [-0.2, 0) is 13.0 Å². The minimum absolute atomic E-state index is 0.0966. The Balaban J connectivity index is 2.16. The van der Waals surface area contributed by atoms with Crippen LogP contribution in [0, 0.1) is 6.92 Å². The number of H-pyrrole nitrogens is 1. The van der Waals surface area contributed by atoms with Crippen LogP contribution in [0.2, 0.25) is 0 Å². The molecule has 20 heavy (non-hydrogen) atoms. The average molecular weight is 273 g/mol. The molecule has 0 saturated heterocycles. The van der Waals surface area contributed by atoms with Crippen LogP contribution in [0.15, 0.2) is 29.2 Å². The van der Waals surface area contributed by atoms with Crippen LogP contribution in [0.1, 0.15) is 23.7 Å². The Hall–Kier alpha value is -2.30. The molecule has 2 N–H and O–H groups in total. The Kier molecular flexibility index (Phi) is 4.40. The van der Waals surface area contributed by atoms with Gasteiger partial charge in [0.2, 0.25) is 5.88 Å². The molecule has 0 aromatic carbocycles. The number of rotatable bonds is 5. The molecule has 2 aromatic heterocycles. The zero-order valence-corrected chi connectivity index (χ0v) is 12.0. The fourth-order valence-corrected chi connectivity index (χ4v) is 2.03. The normalized spacial score (nSPS) is 10.3. The first-order valence-electron chi connectivity index (χ1n) is 6.59. The lowest BCUT2D eigenvalue weighted by Gasteiger charge is -2.09. The number of anilines is 1. The molecule has 0 fully saturated rings. The summed E-state index contributed by atoms with van der Waals surface area (Å²) >= 11 is 0. The third-order valence-electron chi connectivity index (χ3n) is 3.22. The van der Waals surface area contributed by atoms with Crippen molar-refractivity contribution in [2.45, 2.75) is 26.8 Å². The summed E-state index contributed by atoms with van der Waals surface area (Å²) in [6.45, 7) is 4.53. The van der Waals surface area contributed by atoms with Crippen molar-refractivity contribution < 1.29 is 4.74 Å². The Morgan fingerprint density at radius 1 is 1.40 bits per heavy atom. The van der Waals surface area contributed by atoms with E-state index in [-0.39, 0.29) is 5.56 Å². The number of aromatic nitrogens is 2. The van der Waals surface area contributed by atoms with Crippen molar-refractivity contribution in [1.29, 1.82) is 0 Å². The first kappa shape index (κ1) is 14.1. The van der Waals surface area contributed by atoms with Crippen LogP contribution in [0.25, 0.3) is 0 Å². The maximum absolute atomic E-state index is 11.9. The lowest BCUT2D eigenvalue weighted by atomic mass is 10.1. The van der Waals surface area contributed by atoms with Gasteiger partial charge in [-0.1, -0.05) is 6.92 Å². The Morgan fingerprint density at radius 2 is 2.20 bits per heavy atom. The van der Waals surface area contributed by atoms with E-state index < -0.39 is 0 Å². The maximum atomic E-state index is 11.9. The second kappa shape index (κ2) is 6.23. The van der Waals surface area contributed by atoms with Crippen LogP contribution in [-0.4, -0.2) is 17.1 Å². The summed E-state index contributed by atoms with van der Waals surface area (Å²) in [6, 6.07) is 5.64. The molecule has 0 aliphatic heterocycles. The van der Waals surface area contributed by atoms with Crippen molar-refractivity contribution in [2.24, 2.45) is 0 Å². The largest absolute Gasteiger partial charge is 0.481 e. The quantitative estimate of drug-likeness (QED) is 0.877. The van der Waals surface area contributed by atoms with Crippen LogP contribution in [0.3, 0.4) is 0 Å². The number of aryl methyl sites for hydroxylation is 2. The van der Waals surface area contributed by atoms with E-state index in [1.165, 1.54) is 0 Å². The summed E-state index contributed by atoms with van der Waals surface area (Å²) < 4.78 is 5.08. The van der Waals surface area contributed by atoms with Crippen molar-refractivity contribution in [3.63, 3.8) is 0 Å². The lowest BCUT2D eigenvalue weighted by Crippen LogP contribution is -2.16. The number of nitrogens with one attached hydrogen (secondary N) is 2. The smallest absolute Gasteiger partial charge is 0.271 e. The van der Waals surface area contributed by atoms with E-state index in [2.05, 4.69) is 22.2 Å². The Labute approximate surface area is 118 Å². The zero-order chi connectivity index (χ0) is 14.5. The van der Waals surface area contributed by atoms with Gasteiger partial charge in [0, 0.05) is 24.5 Å². The molecule has 2 heterocycles. The molecule has 0 unspecified atom stereocenters. The maximum Gasteiger partial charge on any atom is 0.271 e. The Morgan fingerprint density at radius 3 is 2.90 bits per heavy atom. The molecule has 0 amide bonds. The third kappa shape index (κ3) is 3.17. The highest BCUT2D eigenvalue weighted by molar-refractivity contribution is 5.45. The SMILES string of the molecule is CCc1cc(NCc2ccnc(OC)c2)c(=O)[nH]c1C. The molecule has 0 saturated carbocycles. The van der Waals surface area contributed by atoms with Crippen molar-refractivity contribution in [1.82, 2.24) is 9.97 Å². The topological polar surface area (TPSA) is 67.0 Å². The molecule has 2 rings (SSSR count). The summed E-state index contributed by atoms with van der Waals surface area (Å²) in [5, 5.41) is 3.16. The molecule has 0 aliphatic rings. The van der Waals surface area contributed by atoms with E-state index in [1.807, 2.05) is 25.1 Å². The molecule has 5 heteroatoms. The number of ether oxygens (including phenoxy) is 1. The molecule has 0 radical (unpaired) electrons. The zero-order valence-electron chi connectivity index (χ0n) is 12.0. The number of aromatic amines is 1. The lowest BCUT2D eigenvalue weighted by molar-refractivity contribution is 0.397. The number of pyridine rings is 2. The van der Waals surface area contributed by atoms with E-state index in [0.29, 0.717) is 18.1 Å². The first-order valence-corrected chi connectivity index (χ1v) is 6.59. The molecular formula is C15H19N3O2. The van der Waals surface area contributed by atoms with Gasteiger partial charge in [-0.2, -0.15) is 0 Å². The molecular weight excluding hydrogens is 254 g/mol. The molecule has 2 aromatic rings. The van der Waals surface area contributed by atoms with Crippen molar-refractivity contribution >= 4 is 5.69 Å². The standard InChI is InChI=1S/C15H19N3O2/c1-4-12-8-13(15(19)18-10(12)2)17-9-11-5-6-16-14(7-11)20-3/h5-8,17H,4,9H2,1-3H3,(H,18,19). The van der Waals surface area contributed by atoms with Gasteiger partial charge in [-0.3, -0.25) is 4.79 Å². The molecule has 106 valence electrons. The van der Waals surface area contributed by atoms with Gasteiger partial charge in [0.25, 0.3) is 5.56 Å². The first-order chi connectivity index (χ1) is 9.63. The minimum atomic E-state index is -0.0966.